The summed E-state index contributed by atoms with van der Waals surface area (Å²) < 4.78 is 6.25. The minimum absolute atomic E-state index is 0.282. The van der Waals surface area contributed by atoms with Crippen molar-refractivity contribution in [2.24, 2.45) is 0 Å². The van der Waals surface area contributed by atoms with Crippen molar-refractivity contribution in [1.82, 2.24) is 0 Å². The fourth-order valence-electron chi connectivity index (χ4n) is 2.84. The Hall–Kier alpha value is -0.470. The van der Waals surface area contributed by atoms with E-state index in [1.807, 2.05) is 11.8 Å². The molecule has 2 fully saturated rings. The molecule has 1 aromatic carbocycles. The first kappa shape index (κ1) is 11.6. The first-order valence-corrected chi connectivity index (χ1v) is 7.73. The summed E-state index contributed by atoms with van der Waals surface area (Å²) >= 11 is 2.05. The SMILES string of the molecule is c1ccc([C@@H]2O[C@@H]3CCCCCC[C@H]3S2)cc1. The molecule has 0 N–H and O–H groups in total. The van der Waals surface area contributed by atoms with Gasteiger partial charge in [-0.05, 0) is 18.4 Å². The highest BCUT2D eigenvalue weighted by Gasteiger charge is 2.36. The zero-order chi connectivity index (χ0) is 11.5. The van der Waals surface area contributed by atoms with Crippen LogP contribution in [-0.2, 0) is 4.74 Å². The highest BCUT2D eigenvalue weighted by molar-refractivity contribution is 8.00. The van der Waals surface area contributed by atoms with Crippen LogP contribution < -0.4 is 0 Å². The molecule has 0 radical (unpaired) electrons. The molecule has 1 aromatic rings. The molecule has 3 rings (SSSR count). The summed E-state index contributed by atoms with van der Waals surface area (Å²) in [5.74, 6) is 0. The molecule has 0 aromatic heterocycles. The van der Waals surface area contributed by atoms with Gasteiger partial charge in [-0.15, -0.1) is 11.8 Å². The van der Waals surface area contributed by atoms with Crippen LogP contribution in [-0.4, -0.2) is 11.4 Å². The second kappa shape index (κ2) is 5.45. The normalized spacial score (nSPS) is 33.8. The third-order valence-corrected chi connectivity index (χ3v) is 5.33. The largest absolute Gasteiger partial charge is 0.358 e. The van der Waals surface area contributed by atoms with Gasteiger partial charge in [-0.3, -0.25) is 0 Å². The van der Waals surface area contributed by atoms with E-state index in [4.69, 9.17) is 4.74 Å². The lowest BCUT2D eigenvalue weighted by molar-refractivity contribution is 0.0421. The Morgan fingerprint density at radius 2 is 1.71 bits per heavy atom. The van der Waals surface area contributed by atoms with Gasteiger partial charge in [0.1, 0.15) is 5.44 Å². The van der Waals surface area contributed by atoms with Crippen molar-refractivity contribution in [3.8, 4) is 0 Å². The van der Waals surface area contributed by atoms with E-state index >= 15 is 0 Å². The van der Waals surface area contributed by atoms with Crippen molar-refractivity contribution in [3.05, 3.63) is 35.9 Å². The first-order chi connectivity index (χ1) is 8.43. The molecular weight excluding hydrogens is 228 g/mol. The quantitative estimate of drug-likeness (QED) is 0.721. The Labute approximate surface area is 108 Å². The average Bonchev–Trinajstić information content (AvgIpc) is 2.73. The molecule has 1 saturated carbocycles. The number of benzene rings is 1. The fraction of sp³-hybridized carbons (Fsp3) is 0.600. The summed E-state index contributed by atoms with van der Waals surface area (Å²) in [5.41, 5.74) is 1.62. The maximum atomic E-state index is 6.25. The van der Waals surface area contributed by atoms with Crippen molar-refractivity contribution in [3.63, 3.8) is 0 Å². The summed E-state index contributed by atoms with van der Waals surface area (Å²) in [7, 11) is 0. The van der Waals surface area contributed by atoms with E-state index in [1.165, 1.54) is 44.1 Å². The van der Waals surface area contributed by atoms with Gasteiger partial charge < -0.3 is 4.74 Å². The van der Waals surface area contributed by atoms with Gasteiger partial charge in [0, 0.05) is 5.25 Å². The zero-order valence-electron chi connectivity index (χ0n) is 10.2. The molecule has 0 amide bonds. The van der Waals surface area contributed by atoms with Crippen molar-refractivity contribution in [1.29, 1.82) is 0 Å². The standard InChI is InChI=1S/C15H20OS/c1-2-7-11-14-13(10-6-1)16-15(17-14)12-8-4-3-5-9-12/h3-5,8-9,13-15H,1-2,6-7,10-11H2/t13-,14-,15-/m1/s1. The van der Waals surface area contributed by atoms with E-state index in [0.717, 1.165) is 5.25 Å². The van der Waals surface area contributed by atoms with E-state index in [2.05, 4.69) is 30.3 Å². The molecule has 0 bridgehead atoms. The maximum Gasteiger partial charge on any atom is 0.129 e. The van der Waals surface area contributed by atoms with Crippen LogP contribution in [0.2, 0.25) is 0 Å². The number of hydrogen-bond acceptors (Lipinski definition) is 2. The van der Waals surface area contributed by atoms with Crippen molar-refractivity contribution in [2.75, 3.05) is 0 Å². The van der Waals surface area contributed by atoms with Crippen LogP contribution in [0.4, 0.5) is 0 Å². The number of thioether (sulfide) groups is 1. The molecule has 2 heteroatoms. The van der Waals surface area contributed by atoms with Crippen LogP contribution in [0, 0.1) is 0 Å². The molecule has 2 aliphatic rings. The maximum absolute atomic E-state index is 6.25. The molecule has 1 heterocycles. The molecule has 1 nitrogen and oxygen atoms in total. The van der Waals surface area contributed by atoms with Gasteiger partial charge in [0.2, 0.25) is 0 Å². The first-order valence-electron chi connectivity index (χ1n) is 6.79. The molecule has 1 saturated heterocycles. The van der Waals surface area contributed by atoms with Gasteiger partial charge in [-0.25, -0.2) is 0 Å². The third kappa shape index (κ3) is 2.69. The van der Waals surface area contributed by atoms with Gasteiger partial charge in [-0.2, -0.15) is 0 Å². The molecule has 0 spiro atoms. The molecular formula is C15H20OS. The third-order valence-electron chi connectivity index (χ3n) is 3.81. The van der Waals surface area contributed by atoms with Crippen LogP contribution in [0.5, 0.6) is 0 Å². The summed E-state index contributed by atoms with van der Waals surface area (Å²) in [5, 5.41) is 0.737. The van der Waals surface area contributed by atoms with Gasteiger partial charge in [-0.1, -0.05) is 56.0 Å². The highest BCUT2D eigenvalue weighted by Crippen LogP contribution is 2.47. The lowest BCUT2D eigenvalue weighted by atomic mass is 9.98. The fourth-order valence-corrected chi connectivity index (χ4v) is 4.36. The van der Waals surface area contributed by atoms with Crippen LogP contribution in [0.15, 0.2) is 30.3 Å². The Bertz CT molecular complexity index is 335. The zero-order valence-corrected chi connectivity index (χ0v) is 11.0. The van der Waals surface area contributed by atoms with E-state index < -0.39 is 0 Å². The van der Waals surface area contributed by atoms with Crippen molar-refractivity contribution >= 4 is 11.8 Å². The number of ether oxygens (including phenoxy) is 1. The highest BCUT2D eigenvalue weighted by atomic mass is 32.2. The lowest BCUT2D eigenvalue weighted by Gasteiger charge is -2.19. The van der Waals surface area contributed by atoms with Gasteiger partial charge in [0.25, 0.3) is 0 Å². The summed E-state index contributed by atoms with van der Waals surface area (Å²) in [6.07, 6.45) is 8.67. The lowest BCUT2D eigenvalue weighted by Crippen LogP contribution is -2.21. The number of fused-ring (bicyclic) bond motifs is 1. The summed E-state index contributed by atoms with van der Waals surface area (Å²) in [6, 6.07) is 10.7. The van der Waals surface area contributed by atoms with E-state index in [9.17, 15) is 0 Å². The van der Waals surface area contributed by atoms with Gasteiger partial charge >= 0.3 is 0 Å². The van der Waals surface area contributed by atoms with Crippen molar-refractivity contribution < 1.29 is 4.74 Å². The van der Waals surface area contributed by atoms with Gasteiger partial charge in [0.05, 0.1) is 6.10 Å². The van der Waals surface area contributed by atoms with E-state index in [0.29, 0.717) is 6.10 Å². The predicted molar refractivity (Wildman–Crippen MR) is 73.1 cm³/mol. The minimum Gasteiger partial charge on any atom is -0.358 e. The van der Waals surface area contributed by atoms with E-state index in [-0.39, 0.29) is 5.44 Å². The second-order valence-electron chi connectivity index (χ2n) is 5.08. The van der Waals surface area contributed by atoms with Gasteiger partial charge in [0.15, 0.2) is 0 Å². The predicted octanol–water partition coefficient (Wildman–Crippen LogP) is 4.54. The average molecular weight is 248 g/mol. The Balaban J connectivity index is 1.70. The van der Waals surface area contributed by atoms with Crippen LogP contribution in [0.25, 0.3) is 0 Å². The topological polar surface area (TPSA) is 9.23 Å². The molecule has 0 unspecified atom stereocenters. The number of rotatable bonds is 1. The second-order valence-corrected chi connectivity index (χ2v) is 6.39. The Kier molecular flexibility index (Phi) is 3.72. The Morgan fingerprint density at radius 3 is 2.53 bits per heavy atom. The van der Waals surface area contributed by atoms with Crippen molar-refractivity contribution in [2.45, 2.75) is 55.3 Å². The molecule has 17 heavy (non-hydrogen) atoms. The number of hydrogen-bond donors (Lipinski definition) is 0. The minimum atomic E-state index is 0.282. The smallest absolute Gasteiger partial charge is 0.129 e. The summed E-state index contributed by atoms with van der Waals surface area (Å²) in [6.45, 7) is 0. The van der Waals surface area contributed by atoms with Crippen LogP contribution in [0.1, 0.15) is 49.5 Å². The Morgan fingerprint density at radius 1 is 0.941 bits per heavy atom. The van der Waals surface area contributed by atoms with E-state index in [1.54, 1.807) is 0 Å². The molecule has 92 valence electrons. The molecule has 3 atom stereocenters. The van der Waals surface area contributed by atoms with Crippen LogP contribution in [0.3, 0.4) is 0 Å². The monoisotopic (exact) mass is 248 g/mol. The summed E-state index contributed by atoms with van der Waals surface area (Å²) in [4.78, 5) is 0. The molecule has 1 aliphatic heterocycles. The molecule has 1 aliphatic carbocycles. The van der Waals surface area contributed by atoms with Crippen LogP contribution >= 0.6 is 11.8 Å².